The van der Waals surface area contributed by atoms with E-state index in [0.29, 0.717) is 0 Å². The molecular weight excluding hydrogens is 138 g/mol. The number of amides is 1. The zero-order valence-corrected chi connectivity index (χ0v) is 6.87. The Balaban J connectivity index is 2.36. The first-order valence-corrected chi connectivity index (χ1v) is 3.85. The zero-order chi connectivity index (χ0) is 8.27. The summed E-state index contributed by atoms with van der Waals surface area (Å²) >= 11 is 0. The van der Waals surface area contributed by atoms with Crippen molar-refractivity contribution in [1.29, 1.82) is 0 Å². The average molecular weight is 151 g/mol. The van der Waals surface area contributed by atoms with Crippen molar-refractivity contribution in [2.45, 2.75) is 19.9 Å². The fourth-order valence-electron chi connectivity index (χ4n) is 0.859. The van der Waals surface area contributed by atoms with Gasteiger partial charge in [0, 0.05) is 5.92 Å². The van der Waals surface area contributed by atoms with Crippen LogP contribution in [-0.4, -0.2) is 11.9 Å². The summed E-state index contributed by atoms with van der Waals surface area (Å²) < 4.78 is 0. The summed E-state index contributed by atoms with van der Waals surface area (Å²) in [6.45, 7) is 3.77. The second-order valence-electron chi connectivity index (χ2n) is 2.96. The predicted molar refractivity (Wildman–Crippen MR) is 45.0 cm³/mol. The second kappa shape index (κ2) is 3.37. The maximum Gasteiger partial charge on any atom is 0.223 e. The van der Waals surface area contributed by atoms with Gasteiger partial charge in [0.05, 0.1) is 6.04 Å². The minimum atomic E-state index is 0.0670. The third kappa shape index (κ3) is 2.22. The Bertz CT molecular complexity index is 192. The lowest BCUT2D eigenvalue weighted by Crippen LogP contribution is -2.34. The van der Waals surface area contributed by atoms with E-state index in [2.05, 4.69) is 5.32 Å². The molecule has 1 aliphatic rings. The van der Waals surface area contributed by atoms with E-state index in [4.69, 9.17) is 0 Å². The molecule has 0 aromatic heterocycles. The third-order valence-corrected chi connectivity index (χ3v) is 1.58. The molecule has 0 spiro atoms. The van der Waals surface area contributed by atoms with Crippen molar-refractivity contribution >= 4 is 5.91 Å². The van der Waals surface area contributed by atoms with Crippen LogP contribution >= 0.6 is 0 Å². The lowest BCUT2D eigenvalue weighted by molar-refractivity contribution is -0.124. The van der Waals surface area contributed by atoms with Crippen LogP contribution in [0.5, 0.6) is 0 Å². The summed E-state index contributed by atoms with van der Waals surface area (Å²) in [5.41, 5.74) is 0. The number of hydrogen-bond acceptors (Lipinski definition) is 1. The smallest absolute Gasteiger partial charge is 0.223 e. The van der Waals surface area contributed by atoms with Crippen molar-refractivity contribution in [3.8, 4) is 0 Å². The topological polar surface area (TPSA) is 29.1 Å². The second-order valence-corrected chi connectivity index (χ2v) is 2.96. The van der Waals surface area contributed by atoms with Gasteiger partial charge >= 0.3 is 0 Å². The minimum Gasteiger partial charge on any atom is -0.346 e. The van der Waals surface area contributed by atoms with E-state index in [1.165, 1.54) is 0 Å². The molecule has 1 aliphatic carbocycles. The fourth-order valence-corrected chi connectivity index (χ4v) is 0.859. The monoisotopic (exact) mass is 151 g/mol. The third-order valence-electron chi connectivity index (χ3n) is 1.58. The molecule has 1 rings (SSSR count). The van der Waals surface area contributed by atoms with Gasteiger partial charge < -0.3 is 5.32 Å². The highest BCUT2D eigenvalue weighted by molar-refractivity contribution is 5.78. The first-order chi connectivity index (χ1) is 5.20. The molecule has 0 bridgehead atoms. The summed E-state index contributed by atoms with van der Waals surface area (Å²) in [7, 11) is 0. The average Bonchev–Trinajstić information content (AvgIpc) is 2.39. The first-order valence-electron chi connectivity index (χ1n) is 3.85. The fraction of sp³-hybridized carbons (Fsp3) is 0.444. The van der Waals surface area contributed by atoms with Crippen molar-refractivity contribution in [2.24, 2.45) is 5.92 Å². The molecule has 2 nitrogen and oxygen atoms in total. The lowest BCUT2D eigenvalue weighted by atomic mass is 10.2. The van der Waals surface area contributed by atoms with Gasteiger partial charge in [0.1, 0.15) is 0 Å². The van der Waals surface area contributed by atoms with E-state index >= 15 is 0 Å². The summed E-state index contributed by atoms with van der Waals surface area (Å²) in [5, 5.41) is 2.87. The van der Waals surface area contributed by atoms with Crippen LogP contribution in [0, 0.1) is 5.92 Å². The van der Waals surface area contributed by atoms with Gasteiger partial charge in [-0.2, -0.15) is 0 Å². The molecule has 0 aromatic carbocycles. The van der Waals surface area contributed by atoms with Crippen molar-refractivity contribution in [3.05, 3.63) is 24.3 Å². The van der Waals surface area contributed by atoms with Crippen LogP contribution in [0.2, 0.25) is 0 Å². The van der Waals surface area contributed by atoms with Gasteiger partial charge in [-0.15, -0.1) is 0 Å². The Morgan fingerprint density at radius 1 is 1.36 bits per heavy atom. The van der Waals surface area contributed by atoms with E-state index in [1.807, 2.05) is 38.2 Å². The number of rotatable bonds is 2. The number of carbonyl (C=O) groups excluding carboxylic acids is 1. The largest absolute Gasteiger partial charge is 0.346 e. The standard InChI is InChI=1S/C9H13NO/c1-7(2)9(11)10-8-5-3-4-6-8/h3-8H,1-2H3,(H,10,11). The highest BCUT2D eigenvalue weighted by atomic mass is 16.1. The van der Waals surface area contributed by atoms with Gasteiger partial charge in [-0.1, -0.05) is 38.2 Å². The summed E-state index contributed by atoms with van der Waals surface area (Å²) in [5.74, 6) is 0.170. The maximum absolute atomic E-state index is 11.1. The lowest BCUT2D eigenvalue weighted by Gasteiger charge is -2.10. The van der Waals surface area contributed by atoms with Crippen LogP contribution in [-0.2, 0) is 4.79 Å². The minimum absolute atomic E-state index is 0.0670. The number of nitrogens with one attached hydrogen (secondary N) is 1. The van der Waals surface area contributed by atoms with Crippen molar-refractivity contribution in [1.82, 2.24) is 5.32 Å². The van der Waals surface area contributed by atoms with Crippen LogP contribution < -0.4 is 5.32 Å². The molecule has 2 heteroatoms. The van der Waals surface area contributed by atoms with E-state index in [-0.39, 0.29) is 17.9 Å². The molecule has 0 heterocycles. The number of carbonyl (C=O) groups is 1. The molecule has 1 amide bonds. The van der Waals surface area contributed by atoms with Crippen LogP contribution in [0.3, 0.4) is 0 Å². The number of allylic oxidation sites excluding steroid dienone is 2. The quantitative estimate of drug-likeness (QED) is 0.632. The highest BCUT2D eigenvalue weighted by Crippen LogP contribution is 2.00. The van der Waals surface area contributed by atoms with Gasteiger partial charge in [0.15, 0.2) is 0 Å². The van der Waals surface area contributed by atoms with Gasteiger partial charge in [-0.05, 0) is 0 Å². The van der Waals surface area contributed by atoms with E-state index < -0.39 is 0 Å². The molecule has 1 N–H and O–H groups in total. The van der Waals surface area contributed by atoms with Gasteiger partial charge in [0.2, 0.25) is 5.91 Å². The molecule has 60 valence electrons. The molecule has 0 atom stereocenters. The molecular formula is C9H13NO. The molecule has 0 unspecified atom stereocenters. The molecule has 0 fully saturated rings. The first kappa shape index (κ1) is 8.05. The Kier molecular flexibility index (Phi) is 2.47. The highest BCUT2D eigenvalue weighted by Gasteiger charge is 2.10. The van der Waals surface area contributed by atoms with Gasteiger partial charge in [0.25, 0.3) is 0 Å². The summed E-state index contributed by atoms with van der Waals surface area (Å²) in [6.07, 6.45) is 7.79. The summed E-state index contributed by atoms with van der Waals surface area (Å²) in [6, 6.07) is 0.116. The van der Waals surface area contributed by atoms with Crippen LogP contribution in [0.4, 0.5) is 0 Å². The van der Waals surface area contributed by atoms with E-state index in [0.717, 1.165) is 0 Å². The van der Waals surface area contributed by atoms with Gasteiger partial charge in [-0.3, -0.25) is 4.79 Å². The van der Waals surface area contributed by atoms with Crippen LogP contribution in [0.25, 0.3) is 0 Å². The molecule has 11 heavy (non-hydrogen) atoms. The van der Waals surface area contributed by atoms with Gasteiger partial charge in [-0.25, -0.2) is 0 Å². The Labute approximate surface area is 67.0 Å². The Morgan fingerprint density at radius 3 is 2.36 bits per heavy atom. The molecule has 0 saturated heterocycles. The van der Waals surface area contributed by atoms with Crippen molar-refractivity contribution < 1.29 is 4.79 Å². The molecule has 0 saturated carbocycles. The normalized spacial score (nSPS) is 16.3. The van der Waals surface area contributed by atoms with Crippen molar-refractivity contribution in [3.63, 3.8) is 0 Å². The van der Waals surface area contributed by atoms with Crippen molar-refractivity contribution in [2.75, 3.05) is 0 Å². The molecule has 0 aliphatic heterocycles. The molecule has 0 radical (unpaired) electrons. The zero-order valence-electron chi connectivity index (χ0n) is 6.87. The van der Waals surface area contributed by atoms with E-state index in [9.17, 15) is 4.79 Å². The number of hydrogen-bond donors (Lipinski definition) is 1. The Hall–Kier alpha value is -1.05. The molecule has 0 aromatic rings. The maximum atomic E-state index is 11.1. The van der Waals surface area contributed by atoms with E-state index in [1.54, 1.807) is 0 Å². The predicted octanol–water partition coefficient (Wildman–Crippen LogP) is 1.25. The van der Waals surface area contributed by atoms with Crippen LogP contribution in [0.1, 0.15) is 13.8 Å². The SMILES string of the molecule is CC(C)C(=O)NC1C=CC=C1. The summed E-state index contributed by atoms with van der Waals surface area (Å²) in [4.78, 5) is 11.1. The van der Waals surface area contributed by atoms with Crippen LogP contribution in [0.15, 0.2) is 24.3 Å². The Morgan fingerprint density at radius 2 is 1.91 bits per heavy atom.